The van der Waals surface area contributed by atoms with Crippen molar-refractivity contribution in [2.75, 3.05) is 26.0 Å². The number of rotatable bonds is 5. The highest BCUT2D eigenvalue weighted by molar-refractivity contribution is 7.17. The molecule has 0 aliphatic carbocycles. The van der Waals surface area contributed by atoms with Crippen LogP contribution in [-0.4, -0.2) is 42.1 Å². The Balaban J connectivity index is 2.87. The van der Waals surface area contributed by atoms with Crippen molar-refractivity contribution in [1.29, 1.82) is 0 Å². The number of aromatic nitrogens is 1. The number of hydrogen-bond acceptors (Lipinski definition) is 5. The van der Waals surface area contributed by atoms with Crippen molar-refractivity contribution in [3.63, 3.8) is 0 Å². The Morgan fingerprint density at radius 2 is 2.24 bits per heavy atom. The smallest absolute Gasteiger partial charge is 0.266 e. The van der Waals surface area contributed by atoms with Gasteiger partial charge in [0.2, 0.25) is 0 Å². The van der Waals surface area contributed by atoms with Gasteiger partial charge in [-0.1, -0.05) is 11.3 Å². The van der Waals surface area contributed by atoms with E-state index in [2.05, 4.69) is 4.98 Å². The van der Waals surface area contributed by atoms with Gasteiger partial charge in [0.1, 0.15) is 4.88 Å². The zero-order valence-electron chi connectivity index (χ0n) is 10.7. The first kappa shape index (κ1) is 13.9. The minimum atomic E-state index is -0.0243. The standard InChI is InChI=1S/C11H19N3O2S/c1-7(2)14(5-6-16-4)10(15)9-8(3)13-11(12)17-9/h7H,5-6H2,1-4H3,(H2,12,13). The average molecular weight is 257 g/mol. The minimum Gasteiger partial charge on any atom is -0.383 e. The molecule has 0 unspecified atom stereocenters. The molecule has 0 aliphatic rings. The van der Waals surface area contributed by atoms with Crippen LogP contribution in [0.3, 0.4) is 0 Å². The van der Waals surface area contributed by atoms with Gasteiger partial charge >= 0.3 is 0 Å². The van der Waals surface area contributed by atoms with Crippen molar-refractivity contribution in [3.05, 3.63) is 10.6 Å². The van der Waals surface area contributed by atoms with E-state index in [1.807, 2.05) is 13.8 Å². The van der Waals surface area contributed by atoms with E-state index in [0.717, 1.165) is 0 Å². The zero-order valence-corrected chi connectivity index (χ0v) is 11.5. The molecule has 0 atom stereocenters. The maximum atomic E-state index is 12.3. The lowest BCUT2D eigenvalue weighted by Gasteiger charge is -2.26. The van der Waals surface area contributed by atoms with Crippen molar-refractivity contribution in [3.8, 4) is 0 Å². The molecule has 1 heterocycles. The molecule has 2 N–H and O–H groups in total. The Morgan fingerprint density at radius 3 is 2.65 bits per heavy atom. The van der Waals surface area contributed by atoms with E-state index >= 15 is 0 Å². The van der Waals surface area contributed by atoms with Crippen molar-refractivity contribution in [2.24, 2.45) is 0 Å². The highest BCUT2D eigenvalue weighted by Crippen LogP contribution is 2.22. The molecule has 5 nitrogen and oxygen atoms in total. The highest BCUT2D eigenvalue weighted by Gasteiger charge is 2.22. The molecule has 1 aromatic rings. The summed E-state index contributed by atoms with van der Waals surface area (Å²) in [6.07, 6.45) is 0. The molecule has 1 rings (SSSR count). The lowest BCUT2D eigenvalue weighted by Crippen LogP contribution is -2.39. The van der Waals surface area contributed by atoms with Gasteiger partial charge in [-0.15, -0.1) is 0 Å². The third-order valence-corrected chi connectivity index (χ3v) is 3.40. The Kier molecular flexibility index (Phi) is 4.89. The number of nitrogens with two attached hydrogens (primary N) is 1. The van der Waals surface area contributed by atoms with Crippen molar-refractivity contribution < 1.29 is 9.53 Å². The first-order valence-corrected chi connectivity index (χ1v) is 6.31. The van der Waals surface area contributed by atoms with Crippen molar-refractivity contribution in [1.82, 2.24) is 9.88 Å². The van der Waals surface area contributed by atoms with Gasteiger partial charge < -0.3 is 15.4 Å². The summed E-state index contributed by atoms with van der Waals surface area (Å²) in [6, 6.07) is 0.125. The third-order valence-electron chi connectivity index (χ3n) is 2.43. The number of anilines is 1. The number of aryl methyl sites for hydroxylation is 1. The summed E-state index contributed by atoms with van der Waals surface area (Å²) in [5.74, 6) is -0.0243. The van der Waals surface area contributed by atoms with E-state index in [0.29, 0.717) is 28.9 Å². The summed E-state index contributed by atoms with van der Waals surface area (Å²) >= 11 is 1.24. The predicted molar refractivity (Wildman–Crippen MR) is 69.3 cm³/mol. The van der Waals surface area contributed by atoms with Crippen LogP contribution in [0.25, 0.3) is 0 Å². The van der Waals surface area contributed by atoms with Crippen LogP contribution in [0.5, 0.6) is 0 Å². The van der Waals surface area contributed by atoms with Gasteiger partial charge in [-0.3, -0.25) is 4.79 Å². The molecular formula is C11H19N3O2S. The number of amides is 1. The lowest BCUT2D eigenvalue weighted by molar-refractivity contribution is 0.0639. The van der Waals surface area contributed by atoms with Gasteiger partial charge in [-0.25, -0.2) is 4.98 Å². The fourth-order valence-electron chi connectivity index (χ4n) is 1.53. The number of methoxy groups -OCH3 is 1. The van der Waals surface area contributed by atoms with E-state index in [-0.39, 0.29) is 11.9 Å². The lowest BCUT2D eigenvalue weighted by atomic mass is 10.2. The van der Waals surface area contributed by atoms with Gasteiger partial charge in [-0.05, 0) is 20.8 Å². The first-order chi connectivity index (χ1) is 7.97. The molecule has 0 bridgehead atoms. The fourth-order valence-corrected chi connectivity index (χ4v) is 2.32. The Morgan fingerprint density at radius 1 is 1.59 bits per heavy atom. The van der Waals surface area contributed by atoms with Crippen LogP contribution in [0.4, 0.5) is 5.13 Å². The first-order valence-electron chi connectivity index (χ1n) is 5.50. The molecule has 0 saturated heterocycles. The number of nitrogen functional groups attached to an aromatic ring is 1. The van der Waals surface area contributed by atoms with Crippen LogP contribution in [0.2, 0.25) is 0 Å². The summed E-state index contributed by atoms with van der Waals surface area (Å²) in [7, 11) is 1.62. The van der Waals surface area contributed by atoms with E-state index in [1.165, 1.54) is 11.3 Å². The number of ether oxygens (including phenoxy) is 1. The second kappa shape index (κ2) is 5.97. The van der Waals surface area contributed by atoms with E-state index in [4.69, 9.17) is 10.5 Å². The molecule has 0 saturated carbocycles. The second-order valence-electron chi connectivity index (χ2n) is 4.05. The van der Waals surface area contributed by atoms with Crippen molar-refractivity contribution in [2.45, 2.75) is 26.8 Å². The molecule has 0 aromatic carbocycles. The van der Waals surface area contributed by atoms with Gasteiger partial charge in [0.05, 0.1) is 12.3 Å². The van der Waals surface area contributed by atoms with Crippen LogP contribution in [0.1, 0.15) is 29.2 Å². The van der Waals surface area contributed by atoms with Gasteiger partial charge in [0.25, 0.3) is 5.91 Å². The van der Waals surface area contributed by atoms with Crippen LogP contribution >= 0.6 is 11.3 Å². The molecule has 17 heavy (non-hydrogen) atoms. The molecular weight excluding hydrogens is 238 g/mol. The number of thiazole rings is 1. The number of hydrogen-bond donors (Lipinski definition) is 1. The van der Waals surface area contributed by atoms with Crippen LogP contribution < -0.4 is 5.73 Å². The Hall–Kier alpha value is -1.14. The molecule has 0 radical (unpaired) electrons. The Labute approximate surface area is 106 Å². The normalized spacial score (nSPS) is 10.9. The van der Waals surface area contributed by atoms with Gasteiger partial charge in [-0.2, -0.15) is 0 Å². The van der Waals surface area contributed by atoms with E-state index in [9.17, 15) is 4.79 Å². The van der Waals surface area contributed by atoms with E-state index < -0.39 is 0 Å². The molecule has 0 aliphatic heterocycles. The van der Waals surface area contributed by atoms with Crippen molar-refractivity contribution >= 4 is 22.4 Å². The van der Waals surface area contributed by atoms with Crippen LogP contribution in [0, 0.1) is 6.92 Å². The molecule has 1 amide bonds. The maximum absolute atomic E-state index is 12.3. The minimum absolute atomic E-state index is 0.0243. The predicted octanol–water partition coefficient (Wildman–Crippen LogP) is 1.53. The van der Waals surface area contributed by atoms with Gasteiger partial charge in [0.15, 0.2) is 5.13 Å². The SMILES string of the molecule is COCCN(C(=O)c1sc(N)nc1C)C(C)C. The van der Waals surface area contributed by atoms with E-state index in [1.54, 1.807) is 18.9 Å². The molecule has 0 spiro atoms. The van der Waals surface area contributed by atoms with Crippen LogP contribution in [-0.2, 0) is 4.74 Å². The maximum Gasteiger partial charge on any atom is 0.266 e. The summed E-state index contributed by atoms with van der Waals surface area (Å²) in [5, 5.41) is 0.432. The van der Waals surface area contributed by atoms with Gasteiger partial charge in [0, 0.05) is 19.7 Å². The third kappa shape index (κ3) is 3.41. The summed E-state index contributed by atoms with van der Waals surface area (Å²) in [6.45, 7) is 6.86. The number of carbonyl (C=O) groups is 1. The second-order valence-corrected chi connectivity index (χ2v) is 5.08. The average Bonchev–Trinajstić information content (AvgIpc) is 2.57. The molecule has 6 heteroatoms. The fraction of sp³-hybridized carbons (Fsp3) is 0.636. The quantitative estimate of drug-likeness (QED) is 0.868. The molecule has 0 fully saturated rings. The zero-order chi connectivity index (χ0) is 13.0. The largest absolute Gasteiger partial charge is 0.383 e. The van der Waals surface area contributed by atoms with Crippen LogP contribution in [0.15, 0.2) is 0 Å². The number of carbonyl (C=O) groups excluding carboxylic acids is 1. The Bertz CT molecular complexity index is 390. The highest BCUT2D eigenvalue weighted by atomic mass is 32.1. The molecule has 1 aromatic heterocycles. The monoisotopic (exact) mass is 257 g/mol. The topological polar surface area (TPSA) is 68.5 Å². The molecule has 96 valence electrons. The summed E-state index contributed by atoms with van der Waals surface area (Å²) in [5.41, 5.74) is 6.30. The summed E-state index contributed by atoms with van der Waals surface area (Å²) in [4.78, 5) is 18.8. The number of nitrogens with zero attached hydrogens (tertiary/aromatic N) is 2. The summed E-state index contributed by atoms with van der Waals surface area (Å²) < 4.78 is 5.01.